The molecule has 1 heterocycles. The molecule has 5 nitrogen and oxygen atoms in total. The van der Waals surface area contributed by atoms with Gasteiger partial charge >= 0.3 is 5.97 Å². The fraction of sp³-hybridized carbons (Fsp3) is 0.286. The maximum absolute atomic E-state index is 11.9. The van der Waals surface area contributed by atoms with Crippen LogP contribution in [0.3, 0.4) is 0 Å². The highest BCUT2D eigenvalue weighted by Gasteiger charge is 2.20. The monoisotopic (exact) mass is 259 g/mol. The first-order valence-electron chi connectivity index (χ1n) is 6.14. The molecule has 0 unspecified atom stereocenters. The molecule has 100 valence electrons. The lowest BCUT2D eigenvalue weighted by molar-refractivity contribution is 0.0524. The largest absolute Gasteiger partial charge is 0.462 e. The molecule has 0 aliphatic rings. The summed E-state index contributed by atoms with van der Waals surface area (Å²) in [5, 5.41) is 4.38. The number of carbonyl (C=O) groups is 1. The van der Waals surface area contributed by atoms with Gasteiger partial charge in [-0.25, -0.2) is 9.48 Å². The lowest BCUT2D eigenvalue weighted by Crippen LogP contribution is -2.08. The average molecular weight is 259 g/mol. The molecule has 2 rings (SSSR count). The van der Waals surface area contributed by atoms with Crippen molar-refractivity contribution in [3.8, 4) is 5.69 Å². The number of anilines is 1. The zero-order valence-corrected chi connectivity index (χ0v) is 11.3. The molecule has 0 aliphatic carbocycles. The zero-order chi connectivity index (χ0) is 14.0. The highest BCUT2D eigenvalue weighted by atomic mass is 16.5. The Hall–Kier alpha value is -2.30. The van der Waals surface area contributed by atoms with Crippen LogP contribution in [-0.4, -0.2) is 22.4 Å². The van der Waals surface area contributed by atoms with Gasteiger partial charge in [0.15, 0.2) is 0 Å². The Morgan fingerprint density at radius 3 is 2.68 bits per heavy atom. The van der Waals surface area contributed by atoms with Crippen molar-refractivity contribution in [3.05, 3.63) is 41.2 Å². The Bertz CT molecular complexity index is 617. The zero-order valence-electron chi connectivity index (χ0n) is 11.3. The van der Waals surface area contributed by atoms with Crippen LogP contribution >= 0.6 is 0 Å². The SMILES string of the molecule is CCOC(=O)c1c(C)nn(-c2ccccc2N)c1C. The van der Waals surface area contributed by atoms with Crippen molar-refractivity contribution in [2.75, 3.05) is 12.3 Å². The van der Waals surface area contributed by atoms with E-state index in [4.69, 9.17) is 10.5 Å². The third kappa shape index (κ3) is 2.31. The number of rotatable bonds is 3. The molecule has 0 atom stereocenters. The van der Waals surface area contributed by atoms with Crippen LogP contribution in [0.25, 0.3) is 5.69 Å². The third-order valence-electron chi connectivity index (χ3n) is 2.94. The molecule has 19 heavy (non-hydrogen) atoms. The summed E-state index contributed by atoms with van der Waals surface area (Å²) in [5.74, 6) is -0.349. The van der Waals surface area contributed by atoms with Gasteiger partial charge in [-0.15, -0.1) is 0 Å². The summed E-state index contributed by atoms with van der Waals surface area (Å²) in [6.07, 6.45) is 0. The summed E-state index contributed by atoms with van der Waals surface area (Å²) >= 11 is 0. The van der Waals surface area contributed by atoms with Gasteiger partial charge in [-0.3, -0.25) is 0 Å². The summed E-state index contributed by atoms with van der Waals surface area (Å²) in [7, 11) is 0. The first-order valence-corrected chi connectivity index (χ1v) is 6.14. The summed E-state index contributed by atoms with van der Waals surface area (Å²) < 4.78 is 6.72. The van der Waals surface area contributed by atoms with E-state index in [0.717, 1.165) is 11.4 Å². The molecule has 0 saturated heterocycles. The quantitative estimate of drug-likeness (QED) is 0.678. The number of esters is 1. The molecule has 2 N–H and O–H groups in total. The number of aryl methyl sites for hydroxylation is 1. The van der Waals surface area contributed by atoms with Crippen LogP contribution in [0.15, 0.2) is 24.3 Å². The number of hydrogen-bond donors (Lipinski definition) is 1. The third-order valence-corrected chi connectivity index (χ3v) is 2.94. The summed E-state index contributed by atoms with van der Waals surface area (Å²) in [6.45, 7) is 5.74. The molecule has 0 aliphatic heterocycles. The molecule has 0 radical (unpaired) electrons. The van der Waals surface area contributed by atoms with Crippen LogP contribution < -0.4 is 5.73 Å². The second-order valence-corrected chi connectivity index (χ2v) is 4.24. The minimum atomic E-state index is -0.349. The van der Waals surface area contributed by atoms with E-state index in [1.165, 1.54) is 0 Å². The van der Waals surface area contributed by atoms with E-state index in [2.05, 4.69) is 5.10 Å². The maximum Gasteiger partial charge on any atom is 0.341 e. The van der Waals surface area contributed by atoms with Crippen molar-refractivity contribution in [1.29, 1.82) is 0 Å². The minimum Gasteiger partial charge on any atom is -0.462 e. The number of ether oxygens (including phenoxy) is 1. The summed E-state index contributed by atoms with van der Waals surface area (Å²) in [5.41, 5.74) is 9.19. The topological polar surface area (TPSA) is 70.1 Å². The van der Waals surface area contributed by atoms with Crippen LogP contribution in [0.4, 0.5) is 5.69 Å². The van der Waals surface area contributed by atoms with E-state index in [9.17, 15) is 4.79 Å². The highest BCUT2D eigenvalue weighted by Crippen LogP contribution is 2.22. The van der Waals surface area contributed by atoms with Crippen LogP contribution in [-0.2, 0) is 4.74 Å². The molecule has 0 spiro atoms. The average Bonchev–Trinajstić information content (AvgIpc) is 2.66. The number of nitrogens with zero attached hydrogens (tertiary/aromatic N) is 2. The van der Waals surface area contributed by atoms with E-state index in [0.29, 0.717) is 23.6 Å². The number of carbonyl (C=O) groups excluding carboxylic acids is 1. The minimum absolute atomic E-state index is 0.344. The molecule has 5 heteroatoms. The van der Waals surface area contributed by atoms with Gasteiger partial charge in [-0.1, -0.05) is 12.1 Å². The lowest BCUT2D eigenvalue weighted by Gasteiger charge is -2.07. The Balaban J connectivity index is 2.54. The lowest BCUT2D eigenvalue weighted by atomic mass is 10.2. The number of hydrogen-bond acceptors (Lipinski definition) is 4. The Morgan fingerprint density at radius 1 is 1.37 bits per heavy atom. The predicted octanol–water partition coefficient (Wildman–Crippen LogP) is 2.25. The molecule has 0 bridgehead atoms. The summed E-state index contributed by atoms with van der Waals surface area (Å²) in [6, 6.07) is 7.41. The van der Waals surface area contributed by atoms with Crippen LogP contribution in [0.5, 0.6) is 0 Å². The van der Waals surface area contributed by atoms with Gasteiger partial charge in [-0.05, 0) is 32.9 Å². The van der Waals surface area contributed by atoms with Crippen LogP contribution in [0, 0.1) is 13.8 Å². The van der Waals surface area contributed by atoms with Gasteiger partial charge in [-0.2, -0.15) is 5.10 Å². The van der Waals surface area contributed by atoms with Crippen LogP contribution in [0.2, 0.25) is 0 Å². The Kier molecular flexibility index (Phi) is 3.55. The van der Waals surface area contributed by atoms with Crippen LogP contribution in [0.1, 0.15) is 28.7 Å². The summed E-state index contributed by atoms with van der Waals surface area (Å²) in [4.78, 5) is 11.9. The second-order valence-electron chi connectivity index (χ2n) is 4.24. The van der Waals surface area contributed by atoms with E-state index >= 15 is 0 Å². The Labute approximate surface area is 112 Å². The molecular weight excluding hydrogens is 242 g/mol. The van der Waals surface area contributed by atoms with Gasteiger partial charge in [0.2, 0.25) is 0 Å². The fourth-order valence-corrected chi connectivity index (χ4v) is 2.06. The van der Waals surface area contributed by atoms with Crippen molar-refractivity contribution in [1.82, 2.24) is 9.78 Å². The van der Waals surface area contributed by atoms with E-state index in [-0.39, 0.29) is 5.97 Å². The number of para-hydroxylation sites is 2. The van der Waals surface area contributed by atoms with Gasteiger partial charge in [0.1, 0.15) is 5.56 Å². The predicted molar refractivity (Wildman–Crippen MR) is 73.4 cm³/mol. The first-order chi connectivity index (χ1) is 9.06. The number of aromatic nitrogens is 2. The van der Waals surface area contributed by atoms with Gasteiger partial charge in [0, 0.05) is 0 Å². The molecule has 0 amide bonds. The highest BCUT2D eigenvalue weighted by molar-refractivity contribution is 5.92. The second kappa shape index (κ2) is 5.14. The van der Waals surface area contributed by atoms with E-state index in [1.54, 1.807) is 24.6 Å². The van der Waals surface area contributed by atoms with Gasteiger partial charge < -0.3 is 10.5 Å². The Morgan fingerprint density at radius 2 is 2.05 bits per heavy atom. The van der Waals surface area contributed by atoms with Gasteiger partial charge in [0.25, 0.3) is 0 Å². The normalized spacial score (nSPS) is 10.5. The number of benzene rings is 1. The molecular formula is C14H17N3O2. The number of nitrogens with two attached hydrogens (primary N) is 1. The van der Waals surface area contributed by atoms with E-state index in [1.807, 2.05) is 25.1 Å². The first kappa shape index (κ1) is 13.1. The standard InChI is InChI=1S/C14H17N3O2/c1-4-19-14(18)13-9(2)16-17(10(13)3)12-8-6-5-7-11(12)15/h5-8H,4,15H2,1-3H3. The molecule has 0 saturated carbocycles. The van der Waals surface area contributed by atoms with Crippen molar-refractivity contribution in [2.45, 2.75) is 20.8 Å². The molecule has 2 aromatic rings. The maximum atomic E-state index is 11.9. The van der Waals surface area contributed by atoms with Crippen molar-refractivity contribution >= 4 is 11.7 Å². The van der Waals surface area contributed by atoms with Gasteiger partial charge in [0.05, 0.1) is 29.4 Å². The molecule has 0 fully saturated rings. The molecule has 1 aromatic carbocycles. The number of nitrogen functional groups attached to an aromatic ring is 1. The smallest absolute Gasteiger partial charge is 0.341 e. The molecule has 1 aromatic heterocycles. The van der Waals surface area contributed by atoms with Crippen molar-refractivity contribution in [2.24, 2.45) is 0 Å². The van der Waals surface area contributed by atoms with E-state index < -0.39 is 0 Å². The fourth-order valence-electron chi connectivity index (χ4n) is 2.06. The van der Waals surface area contributed by atoms with Crippen molar-refractivity contribution in [3.63, 3.8) is 0 Å². The van der Waals surface area contributed by atoms with Crippen molar-refractivity contribution < 1.29 is 9.53 Å².